The SMILES string of the molecule is O=c1[nH]c(C(F)(F)F)nc2nc(N3CCCCC3)sc12. The van der Waals surface area contributed by atoms with E-state index in [-0.39, 0.29) is 10.3 Å². The van der Waals surface area contributed by atoms with Crippen LogP contribution in [0.25, 0.3) is 10.3 Å². The average Bonchev–Trinajstić information content (AvgIpc) is 2.83. The zero-order valence-electron chi connectivity index (χ0n) is 10.3. The van der Waals surface area contributed by atoms with Crippen molar-refractivity contribution < 1.29 is 13.2 Å². The third-order valence-corrected chi connectivity index (χ3v) is 4.25. The van der Waals surface area contributed by atoms with Crippen molar-refractivity contribution >= 4 is 26.8 Å². The Morgan fingerprint density at radius 3 is 2.50 bits per heavy atom. The van der Waals surface area contributed by atoms with Crippen LogP contribution in [-0.4, -0.2) is 28.0 Å². The van der Waals surface area contributed by atoms with Crippen molar-refractivity contribution in [1.82, 2.24) is 15.0 Å². The Bertz CT molecular complexity index is 687. The predicted molar refractivity (Wildman–Crippen MR) is 69.1 cm³/mol. The van der Waals surface area contributed by atoms with Crippen molar-refractivity contribution in [3.63, 3.8) is 0 Å². The number of alkyl halides is 3. The maximum atomic E-state index is 12.6. The van der Waals surface area contributed by atoms with Crippen molar-refractivity contribution in [2.75, 3.05) is 18.0 Å². The lowest BCUT2D eigenvalue weighted by Gasteiger charge is -2.25. The van der Waals surface area contributed by atoms with Crippen LogP contribution in [0.4, 0.5) is 18.3 Å². The van der Waals surface area contributed by atoms with E-state index in [1.165, 1.54) is 0 Å². The summed E-state index contributed by atoms with van der Waals surface area (Å²) in [6.07, 6.45) is -1.50. The number of piperidine rings is 1. The van der Waals surface area contributed by atoms with E-state index >= 15 is 0 Å². The minimum atomic E-state index is -4.68. The van der Waals surface area contributed by atoms with E-state index in [4.69, 9.17) is 0 Å². The number of aromatic amines is 1. The molecule has 5 nitrogen and oxygen atoms in total. The van der Waals surface area contributed by atoms with Gasteiger partial charge in [0.05, 0.1) is 0 Å². The standard InChI is InChI=1S/C11H11F3N4OS/c12-11(13,14)9-15-7-6(8(19)17-9)20-10(16-7)18-4-2-1-3-5-18/h1-5H2,(H,15,17,19). The molecular weight excluding hydrogens is 293 g/mol. The number of anilines is 1. The van der Waals surface area contributed by atoms with E-state index < -0.39 is 17.6 Å². The summed E-state index contributed by atoms with van der Waals surface area (Å²) in [5.41, 5.74) is -0.922. The van der Waals surface area contributed by atoms with Crippen molar-refractivity contribution in [3.8, 4) is 0 Å². The normalized spacial score (nSPS) is 16.9. The number of thiazole rings is 1. The monoisotopic (exact) mass is 304 g/mol. The van der Waals surface area contributed by atoms with E-state index in [1.54, 1.807) is 4.98 Å². The summed E-state index contributed by atoms with van der Waals surface area (Å²) in [6.45, 7) is 1.62. The smallest absolute Gasteiger partial charge is 0.348 e. The lowest BCUT2D eigenvalue weighted by Crippen LogP contribution is -2.29. The Morgan fingerprint density at radius 2 is 1.85 bits per heavy atom. The van der Waals surface area contributed by atoms with Crippen molar-refractivity contribution in [1.29, 1.82) is 0 Å². The van der Waals surface area contributed by atoms with Crippen molar-refractivity contribution in [2.24, 2.45) is 0 Å². The maximum Gasteiger partial charge on any atom is 0.449 e. The second-order valence-corrected chi connectivity index (χ2v) is 5.59. The molecule has 20 heavy (non-hydrogen) atoms. The zero-order chi connectivity index (χ0) is 14.3. The average molecular weight is 304 g/mol. The second kappa shape index (κ2) is 4.72. The third-order valence-electron chi connectivity index (χ3n) is 3.15. The molecule has 1 aliphatic heterocycles. The first kappa shape index (κ1) is 13.3. The fourth-order valence-corrected chi connectivity index (χ4v) is 3.13. The summed E-state index contributed by atoms with van der Waals surface area (Å²) in [7, 11) is 0. The lowest BCUT2D eigenvalue weighted by atomic mass is 10.1. The van der Waals surface area contributed by atoms with Gasteiger partial charge in [0.2, 0.25) is 5.82 Å². The Labute approximate surface area is 115 Å². The molecule has 9 heteroatoms. The topological polar surface area (TPSA) is 61.9 Å². The van der Waals surface area contributed by atoms with Gasteiger partial charge in [-0.2, -0.15) is 18.2 Å². The summed E-state index contributed by atoms with van der Waals surface area (Å²) in [6, 6.07) is 0. The molecular formula is C11H11F3N4OS. The lowest BCUT2D eigenvalue weighted by molar-refractivity contribution is -0.144. The number of halogens is 3. The number of nitrogens with one attached hydrogen (secondary N) is 1. The zero-order valence-corrected chi connectivity index (χ0v) is 11.1. The van der Waals surface area contributed by atoms with Crippen LogP contribution in [-0.2, 0) is 6.18 Å². The Balaban J connectivity index is 2.06. The van der Waals surface area contributed by atoms with Crippen LogP contribution in [0.15, 0.2) is 4.79 Å². The van der Waals surface area contributed by atoms with Gasteiger partial charge in [-0.25, -0.2) is 4.98 Å². The molecule has 108 valence electrons. The number of H-pyrrole nitrogens is 1. The number of hydrogen-bond donors (Lipinski definition) is 1. The number of aromatic nitrogens is 3. The quantitative estimate of drug-likeness (QED) is 0.878. The van der Waals surface area contributed by atoms with Crippen LogP contribution >= 0.6 is 11.3 Å². The molecule has 0 unspecified atom stereocenters. The summed E-state index contributed by atoms with van der Waals surface area (Å²) >= 11 is 1.09. The summed E-state index contributed by atoms with van der Waals surface area (Å²) in [4.78, 5) is 23.0. The first-order valence-corrected chi connectivity index (χ1v) is 7.00. The minimum Gasteiger partial charge on any atom is -0.348 e. The fourth-order valence-electron chi connectivity index (χ4n) is 2.18. The molecule has 1 aliphatic rings. The Morgan fingerprint density at radius 1 is 1.15 bits per heavy atom. The first-order valence-electron chi connectivity index (χ1n) is 6.18. The van der Waals surface area contributed by atoms with Crippen LogP contribution in [0.5, 0.6) is 0 Å². The molecule has 2 aromatic heterocycles. The minimum absolute atomic E-state index is 0.133. The number of rotatable bonds is 1. The van der Waals surface area contributed by atoms with Gasteiger partial charge in [-0.1, -0.05) is 11.3 Å². The van der Waals surface area contributed by atoms with Gasteiger partial charge in [0.25, 0.3) is 5.56 Å². The number of nitrogens with zero attached hydrogens (tertiary/aromatic N) is 3. The number of hydrogen-bond acceptors (Lipinski definition) is 5. The van der Waals surface area contributed by atoms with Gasteiger partial charge in [-0.05, 0) is 19.3 Å². The van der Waals surface area contributed by atoms with Gasteiger partial charge >= 0.3 is 6.18 Å². The highest BCUT2D eigenvalue weighted by atomic mass is 32.1. The van der Waals surface area contributed by atoms with E-state index in [9.17, 15) is 18.0 Å². The molecule has 1 N–H and O–H groups in total. The molecule has 0 saturated carbocycles. The molecule has 0 bridgehead atoms. The van der Waals surface area contributed by atoms with Crippen LogP contribution < -0.4 is 10.5 Å². The van der Waals surface area contributed by atoms with Gasteiger partial charge in [0.15, 0.2) is 10.8 Å². The van der Waals surface area contributed by atoms with Gasteiger partial charge < -0.3 is 9.88 Å². The van der Waals surface area contributed by atoms with Crippen LogP contribution in [0, 0.1) is 0 Å². The van der Waals surface area contributed by atoms with Gasteiger partial charge in [0.1, 0.15) is 4.70 Å². The third kappa shape index (κ3) is 2.37. The molecule has 1 fully saturated rings. The Kier molecular flexibility index (Phi) is 3.15. The molecule has 0 aliphatic carbocycles. The van der Waals surface area contributed by atoms with E-state index in [0.29, 0.717) is 5.13 Å². The summed E-state index contributed by atoms with van der Waals surface area (Å²) in [5.74, 6) is -1.30. The largest absolute Gasteiger partial charge is 0.449 e. The van der Waals surface area contributed by atoms with Crippen molar-refractivity contribution in [3.05, 3.63) is 16.2 Å². The number of fused-ring (bicyclic) bond motifs is 1. The van der Waals surface area contributed by atoms with Gasteiger partial charge in [-0.15, -0.1) is 0 Å². The highest BCUT2D eigenvalue weighted by Crippen LogP contribution is 2.30. The van der Waals surface area contributed by atoms with Crippen LogP contribution in [0.1, 0.15) is 25.1 Å². The molecule has 0 atom stereocenters. The maximum absolute atomic E-state index is 12.6. The van der Waals surface area contributed by atoms with Crippen LogP contribution in [0.2, 0.25) is 0 Å². The van der Waals surface area contributed by atoms with E-state index in [2.05, 4.69) is 9.97 Å². The fraction of sp³-hybridized carbons (Fsp3) is 0.545. The molecule has 1 saturated heterocycles. The van der Waals surface area contributed by atoms with E-state index in [1.807, 2.05) is 4.90 Å². The first-order chi connectivity index (χ1) is 9.45. The summed E-state index contributed by atoms with van der Waals surface area (Å²) < 4.78 is 37.9. The molecule has 3 rings (SSSR count). The van der Waals surface area contributed by atoms with Crippen LogP contribution in [0.3, 0.4) is 0 Å². The molecule has 0 spiro atoms. The predicted octanol–water partition coefficient (Wildman–Crippen LogP) is 2.39. The highest BCUT2D eigenvalue weighted by molar-refractivity contribution is 7.22. The molecule has 0 amide bonds. The van der Waals surface area contributed by atoms with E-state index in [0.717, 1.165) is 43.7 Å². The highest BCUT2D eigenvalue weighted by Gasteiger charge is 2.35. The van der Waals surface area contributed by atoms with Gasteiger partial charge in [-0.3, -0.25) is 4.79 Å². The molecule has 0 radical (unpaired) electrons. The summed E-state index contributed by atoms with van der Waals surface area (Å²) in [5, 5.41) is 0.567. The molecule has 2 aromatic rings. The molecule has 0 aromatic carbocycles. The molecule has 3 heterocycles. The second-order valence-electron chi connectivity index (χ2n) is 4.61. The van der Waals surface area contributed by atoms with Crippen molar-refractivity contribution in [2.45, 2.75) is 25.4 Å². The Hall–Kier alpha value is -1.64. The van der Waals surface area contributed by atoms with Gasteiger partial charge in [0, 0.05) is 13.1 Å².